The first-order valence-electron chi connectivity index (χ1n) is 15.6. The highest BCUT2D eigenvalue weighted by Gasteiger charge is 2.31. The molecule has 45 heavy (non-hydrogen) atoms. The minimum absolute atomic E-state index is 0.0944. The zero-order valence-electron chi connectivity index (χ0n) is 27.4. The molecule has 0 spiro atoms. The van der Waals surface area contributed by atoms with Crippen molar-refractivity contribution in [2.24, 2.45) is 17.8 Å². The molecule has 0 radical (unpaired) electrons. The van der Waals surface area contributed by atoms with Gasteiger partial charge in [0.25, 0.3) is 0 Å². The molecule has 1 N–H and O–H groups in total. The fraction of sp³-hybridized carbons (Fsp3) is 0.500. The van der Waals surface area contributed by atoms with E-state index < -0.39 is 11.9 Å². The highest BCUT2D eigenvalue weighted by atomic mass is 19.1. The van der Waals surface area contributed by atoms with Gasteiger partial charge in [-0.2, -0.15) is 4.98 Å². The molecule has 244 valence electrons. The van der Waals surface area contributed by atoms with Crippen LogP contribution in [0.15, 0.2) is 48.7 Å². The summed E-state index contributed by atoms with van der Waals surface area (Å²) in [7, 11) is 5.16. The highest BCUT2D eigenvalue weighted by molar-refractivity contribution is 5.97. The van der Waals surface area contributed by atoms with E-state index in [9.17, 15) is 4.79 Å². The molecule has 3 atom stereocenters. The Morgan fingerprint density at radius 3 is 2.58 bits per heavy atom. The number of benzene rings is 2. The fourth-order valence-corrected chi connectivity index (χ4v) is 5.57. The van der Waals surface area contributed by atoms with Gasteiger partial charge < -0.3 is 29.2 Å². The lowest BCUT2D eigenvalue weighted by molar-refractivity contribution is 0.0419. The van der Waals surface area contributed by atoms with Crippen LogP contribution in [0.5, 0.6) is 17.2 Å². The van der Waals surface area contributed by atoms with Crippen molar-refractivity contribution >= 4 is 29.2 Å². The normalized spacial score (nSPS) is 16.5. The topological polar surface area (TPSA) is 98.3 Å². The van der Waals surface area contributed by atoms with Crippen molar-refractivity contribution in [3.63, 3.8) is 0 Å². The maximum atomic E-state index is 15.0. The number of carbonyl (C=O) groups is 1. The molecule has 3 aromatic rings. The molecular formula is C34H46FN5O5. The Labute approximate surface area is 265 Å². The lowest BCUT2D eigenvalue weighted by Crippen LogP contribution is -2.36. The van der Waals surface area contributed by atoms with Gasteiger partial charge in [0.05, 0.1) is 26.5 Å². The molecule has 2 aromatic carbocycles. The third kappa shape index (κ3) is 8.75. The second kappa shape index (κ2) is 15.7. The summed E-state index contributed by atoms with van der Waals surface area (Å²) in [6.07, 6.45) is 3.62. The maximum Gasteiger partial charge on any atom is 0.420 e. The van der Waals surface area contributed by atoms with E-state index in [1.165, 1.54) is 24.3 Å². The maximum absolute atomic E-state index is 15.0. The van der Waals surface area contributed by atoms with Gasteiger partial charge in [0.2, 0.25) is 5.95 Å². The number of carbonyl (C=O) groups excluding carboxylic acids is 1. The predicted molar refractivity (Wildman–Crippen MR) is 174 cm³/mol. The molecule has 1 amide bonds. The van der Waals surface area contributed by atoms with Crippen LogP contribution in [0.1, 0.15) is 47.0 Å². The standard InChI is InChI=1S/C34H46FN5O5/c1-8-23(4)32(22(2)3)45-34(41)40(28-13-12-26(42-6)19-30(28)43-7)31-15-16-36-33(38-31)37-25-11-14-29(27(35)18-25)44-21-24-10-9-17-39(5)20-24/h11-16,18-19,22-24,32H,8-10,17,20-21H2,1-7H3,(H,36,37,38). The summed E-state index contributed by atoms with van der Waals surface area (Å²) in [5.74, 6) is 1.68. The van der Waals surface area contributed by atoms with Crippen LogP contribution < -0.4 is 24.4 Å². The van der Waals surface area contributed by atoms with Crippen LogP contribution in [-0.4, -0.2) is 68.0 Å². The number of rotatable bonds is 13. The number of likely N-dealkylation sites (tertiary alicyclic amines) is 1. The van der Waals surface area contributed by atoms with E-state index in [2.05, 4.69) is 41.1 Å². The molecule has 11 heteroatoms. The molecule has 1 aliphatic heterocycles. The summed E-state index contributed by atoms with van der Waals surface area (Å²) in [6.45, 7) is 10.7. The van der Waals surface area contributed by atoms with Crippen molar-refractivity contribution in [3.8, 4) is 17.2 Å². The predicted octanol–water partition coefficient (Wildman–Crippen LogP) is 7.44. The molecule has 0 saturated carbocycles. The monoisotopic (exact) mass is 623 g/mol. The summed E-state index contributed by atoms with van der Waals surface area (Å²) in [6, 6.07) is 11.4. The van der Waals surface area contributed by atoms with E-state index in [0.717, 1.165) is 32.4 Å². The summed E-state index contributed by atoms with van der Waals surface area (Å²) in [5, 5.41) is 3.05. The molecule has 1 aliphatic rings. The van der Waals surface area contributed by atoms with E-state index in [0.29, 0.717) is 35.4 Å². The van der Waals surface area contributed by atoms with Crippen molar-refractivity contribution in [2.75, 3.05) is 51.2 Å². The number of nitrogens with zero attached hydrogens (tertiary/aromatic N) is 4. The first kappa shape index (κ1) is 33.8. The van der Waals surface area contributed by atoms with E-state index in [4.69, 9.17) is 18.9 Å². The smallest absolute Gasteiger partial charge is 0.420 e. The number of halogens is 1. The lowest BCUT2D eigenvalue weighted by Gasteiger charge is -2.30. The van der Waals surface area contributed by atoms with Crippen molar-refractivity contribution < 1.29 is 28.1 Å². The van der Waals surface area contributed by atoms with Gasteiger partial charge in [-0.25, -0.2) is 19.1 Å². The van der Waals surface area contributed by atoms with E-state index in [1.54, 1.807) is 43.5 Å². The summed E-state index contributed by atoms with van der Waals surface area (Å²) < 4.78 is 38.0. The van der Waals surface area contributed by atoms with Crippen LogP contribution in [0, 0.1) is 23.6 Å². The quantitative estimate of drug-likeness (QED) is 0.208. The van der Waals surface area contributed by atoms with Gasteiger partial charge in [-0.05, 0) is 62.5 Å². The van der Waals surface area contributed by atoms with Gasteiger partial charge >= 0.3 is 6.09 Å². The molecular weight excluding hydrogens is 577 g/mol. The van der Waals surface area contributed by atoms with Gasteiger partial charge in [-0.1, -0.05) is 34.1 Å². The van der Waals surface area contributed by atoms with E-state index in [-0.39, 0.29) is 35.5 Å². The molecule has 0 aliphatic carbocycles. The number of hydrogen-bond donors (Lipinski definition) is 1. The molecule has 1 fully saturated rings. The molecule has 2 heterocycles. The number of nitrogens with one attached hydrogen (secondary N) is 1. The number of aromatic nitrogens is 2. The molecule has 1 saturated heterocycles. The van der Waals surface area contributed by atoms with Gasteiger partial charge in [-0.15, -0.1) is 0 Å². The van der Waals surface area contributed by atoms with Crippen molar-refractivity contribution in [1.29, 1.82) is 0 Å². The number of ether oxygens (including phenoxy) is 4. The third-order valence-electron chi connectivity index (χ3n) is 8.16. The average Bonchev–Trinajstić information content (AvgIpc) is 3.03. The molecule has 1 aromatic heterocycles. The minimum Gasteiger partial charge on any atom is -0.497 e. The molecule has 4 rings (SSSR count). The molecule has 0 bridgehead atoms. The van der Waals surface area contributed by atoms with Crippen LogP contribution in [0.2, 0.25) is 0 Å². The van der Waals surface area contributed by atoms with Gasteiger partial charge in [0, 0.05) is 42.5 Å². The zero-order chi connectivity index (χ0) is 32.5. The number of methoxy groups -OCH3 is 2. The SMILES string of the molecule is CCC(C)C(OC(=O)N(c1ccnc(Nc2ccc(OCC3CCCN(C)C3)c(F)c2)n1)c1ccc(OC)cc1OC)C(C)C. The van der Waals surface area contributed by atoms with Gasteiger partial charge in [-0.3, -0.25) is 0 Å². The Hall–Kier alpha value is -4.12. The first-order valence-corrected chi connectivity index (χ1v) is 15.6. The lowest BCUT2D eigenvalue weighted by atomic mass is 9.93. The summed E-state index contributed by atoms with van der Waals surface area (Å²) in [5.41, 5.74) is 0.846. The Morgan fingerprint density at radius 1 is 1.11 bits per heavy atom. The van der Waals surface area contributed by atoms with E-state index >= 15 is 4.39 Å². The number of piperidine rings is 1. The second-order valence-corrected chi connectivity index (χ2v) is 11.9. The van der Waals surface area contributed by atoms with Crippen molar-refractivity contribution in [3.05, 3.63) is 54.5 Å². The summed E-state index contributed by atoms with van der Waals surface area (Å²) in [4.78, 5) is 26.5. The van der Waals surface area contributed by atoms with Gasteiger partial charge in [0.1, 0.15) is 23.4 Å². The Balaban J connectivity index is 1.59. The summed E-state index contributed by atoms with van der Waals surface area (Å²) >= 11 is 0. The van der Waals surface area contributed by atoms with Crippen LogP contribution in [0.3, 0.4) is 0 Å². The molecule has 3 unspecified atom stereocenters. The molecule has 10 nitrogen and oxygen atoms in total. The number of hydrogen-bond acceptors (Lipinski definition) is 9. The third-order valence-corrected chi connectivity index (χ3v) is 8.16. The van der Waals surface area contributed by atoms with Crippen molar-refractivity contribution in [1.82, 2.24) is 14.9 Å². The van der Waals surface area contributed by atoms with Gasteiger partial charge in [0.15, 0.2) is 11.6 Å². The van der Waals surface area contributed by atoms with Crippen LogP contribution in [0.25, 0.3) is 0 Å². The van der Waals surface area contributed by atoms with E-state index in [1.807, 2.05) is 13.8 Å². The zero-order valence-corrected chi connectivity index (χ0v) is 27.4. The van der Waals surface area contributed by atoms with Crippen LogP contribution in [-0.2, 0) is 4.74 Å². The van der Waals surface area contributed by atoms with Crippen LogP contribution >= 0.6 is 0 Å². The minimum atomic E-state index is -0.612. The Kier molecular flexibility index (Phi) is 11.8. The largest absolute Gasteiger partial charge is 0.497 e. The Morgan fingerprint density at radius 2 is 1.91 bits per heavy atom. The van der Waals surface area contributed by atoms with Crippen LogP contribution in [0.4, 0.5) is 32.3 Å². The fourth-order valence-electron chi connectivity index (χ4n) is 5.57. The second-order valence-electron chi connectivity index (χ2n) is 11.9. The number of anilines is 4. The number of amides is 1. The average molecular weight is 624 g/mol. The van der Waals surface area contributed by atoms with Crippen molar-refractivity contribution in [2.45, 2.75) is 53.1 Å². The highest BCUT2D eigenvalue weighted by Crippen LogP contribution is 2.37. The Bertz CT molecular complexity index is 1420. The first-order chi connectivity index (χ1) is 21.6.